The molecule has 136 valence electrons. The van der Waals surface area contributed by atoms with E-state index >= 15 is 0 Å². The zero-order valence-electron chi connectivity index (χ0n) is 14.9. The highest BCUT2D eigenvalue weighted by Gasteiger charge is 2.06. The number of methoxy groups -OCH3 is 1. The third kappa shape index (κ3) is 3.78. The lowest BCUT2D eigenvalue weighted by Crippen LogP contribution is -2.04. The SMILES string of the molecule is [B]c1cnc2ccc(Nc3ccnc(Nc4ccc(O)c(OC)c4)n3)nc2c1. The Labute approximate surface area is 162 Å². The Kier molecular flexibility index (Phi) is 4.63. The van der Waals surface area contributed by atoms with Gasteiger partial charge in [0.15, 0.2) is 11.5 Å². The first-order valence-electron chi connectivity index (χ1n) is 8.37. The van der Waals surface area contributed by atoms with Gasteiger partial charge in [-0.25, -0.2) is 9.97 Å². The van der Waals surface area contributed by atoms with Gasteiger partial charge in [-0.3, -0.25) is 4.98 Å². The average molecular weight is 370 g/mol. The normalized spacial score (nSPS) is 10.6. The number of nitrogens with zero attached hydrogens (tertiary/aromatic N) is 4. The standard InChI is InChI=1S/C19H15BN6O2/c1-28-16-9-12(2-4-15(16)27)23-19-21-7-6-18(26-19)25-17-5-3-13-14(24-17)8-11(20)10-22-13/h2-10,27H,1H3,(H2,21,23,24,25,26). The van der Waals surface area contributed by atoms with Crippen molar-refractivity contribution in [1.82, 2.24) is 19.9 Å². The zero-order valence-corrected chi connectivity index (χ0v) is 14.9. The molecule has 2 radical (unpaired) electrons. The lowest BCUT2D eigenvalue weighted by atomic mass is 9.98. The lowest BCUT2D eigenvalue weighted by molar-refractivity contribution is 0.374. The van der Waals surface area contributed by atoms with E-state index in [-0.39, 0.29) is 5.75 Å². The highest BCUT2D eigenvalue weighted by molar-refractivity contribution is 6.32. The lowest BCUT2D eigenvalue weighted by Gasteiger charge is -2.10. The van der Waals surface area contributed by atoms with Gasteiger partial charge in [0.25, 0.3) is 0 Å². The molecule has 0 unspecified atom stereocenters. The molecule has 4 rings (SSSR count). The Morgan fingerprint density at radius 2 is 1.79 bits per heavy atom. The van der Waals surface area contributed by atoms with E-state index in [2.05, 4.69) is 30.6 Å². The number of rotatable bonds is 5. The first-order chi connectivity index (χ1) is 13.6. The van der Waals surface area contributed by atoms with Crippen LogP contribution in [0, 0.1) is 0 Å². The summed E-state index contributed by atoms with van der Waals surface area (Å²) in [6.07, 6.45) is 3.22. The highest BCUT2D eigenvalue weighted by atomic mass is 16.5. The van der Waals surface area contributed by atoms with Crippen molar-refractivity contribution in [1.29, 1.82) is 0 Å². The van der Waals surface area contributed by atoms with Crippen molar-refractivity contribution < 1.29 is 9.84 Å². The predicted octanol–water partition coefficient (Wildman–Crippen LogP) is 2.42. The van der Waals surface area contributed by atoms with Crippen molar-refractivity contribution in [2.24, 2.45) is 0 Å². The number of aromatic hydroxyl groups is 1. The second-order valence-electron chi connectivity index (χ2n) is 5.91. The molecule has 0 aliphatic heterocycles. The molecule has 8 nitrogen and oxygen atoms in total. The van der Waals surface area contributed by atoms with Crippen LogP contribution in [0.1, 0.15) is 0 Å². The van der Waals surface area contributed by atoms with Crippen LogP contribution in [0.4, 0.5) is 23.3 Å². The summed E-state index contributed by atoms with van der Waals surface area (Å²) in [6, 6.07) is 12.0. The van der Waals surface area contributed by atoms with Crippen molar-refractivity contribution in [2.45, 2.75) is 0 Å². The van der Waals surface area contributed by atoms with E-state index in [1.54, 1.807) is 36.7 Å². The van der Waals surface area contributed by atoms with Gasteiger partial charge in [0.2, 0.25) is 5.95 Å². The van der Waals surface area contributed by atoms with Crippen LogP contribution in [0.15, 0.2) is 54.9 Å². The van der Waals surface area contributed by atoms with Gasteiger partial charge >= 0.3 is 0 Å². The molecule has 0 spiro atoms. The summed E-state index contributed by atoms with van der Waals surface area (Å²) in [6.45, 7) is 0. The first kappa shape index (κ1) is 17.5. The molecule has 9 heteroatoms. The first-order valence-corrected chi connectivity index (χ1v) is 8.37. The number of pyridine rings is 2. The summed E-state index contributed by atoms with van der Waals surface area (Å²) >= 11 is 0. The molecule has 0 atom stereocenters. The summed E-state index contributed by atoms with van der Waals surface area (Å²) in [5.41, 5.74) is 2.67. The predicted molar refractivity (Wildman–Crippen MR) is 108 cm³/mol. The molecule has 0 saturated carbocycles. The van der Waals surface area contributed by atoms with E-state index < -0.39 is 0 Å². The van der Waals surface area contributed by atoms with Gasteiger partial charge in [-0.05, 0) is 36.4 Å². The molecule has 0 saturated heterocycles. The van der Waals surface area contributed by atoms with Crippen molar-refractivity contribution in [3.05, 3.63) is 54.9 Å². The number of fused-ring (bicyclic) bond motifs is 1. The molecule has 3 heterocycles. The Hall–Kier alpha value is -3.88. The molecule has 0 fully saturated rings. The summed E-state index contributed by atoms with van der Waals surface area (Å²) in [7, 11) is 7.26. The molecule has 28 heavy (non-hydrogen) atoms. The maximum atomic E-state index is 9.69. The van der Waals surface area contributed by atoms with Crippen LogP contribution in [0.25, 0.3) is 11.0 Å². The average Bonchev–Trinajstić information content (AvgIpc) is 2.69. The fraction of sp³-hybridized carbons (Fsp3) is 0.0526. The molecular weight excluding hydrogens is 355 g/mol. The van der Waals surface area contributed by atoms with Crippen LogP contribution in [0.3, 0.4) is 0 Å². The third-order valence-corrected chi connectivity index (χ3v) is 3.91. The Bertz CT molecular complexity index is 1150. The number of aromatic nitrogens is 4. The second kappa shape index (κ2) is 7.39. The number of nitrogens with one attached hydrogen (secondary N) is 2. The minimum Gasteiger partial charge on any atom is -0.504 e. The maximum absolute atomic E-state index is 9.69. The van der Waals surface area contributed by atoms with Crippen molar-refractivity contribution in [3.8, 4) is 11.5 Å². The number of anilines is 4. The summed E-state index contributed by atoms with van der Waals surface area (Å²) in [5.74, 6) is 1.96. The number of phenolic OH excluding ortho intramolecular Hbond substituents is 1. The van der Waals surface area contributed by atoms with Crippen LogP contribution in [0.2, 0.25) is 0 Å². The smallest absolute Gasteiger partial charge is 0.229 e. The quantitative estimate of drug-likeness (QED) is 0.363. The molecule has 3 N–H and O–H groups in total. The van der Waals surface area contributed by atoms with Crippen LogP contribution < -0.4 is 20.8 Å². The number of phenols is 1. The van der Waals surface area contributed by atoms with Crippen molar-refractivity contribution in [2.75, 3.05) is 17.7 Å². The molecular formula is C19H15BN6O2. The van der Waals surface area contributed by atoms with Crippen LogP contribution in [0.5, 0.6) is 11.5 Å². The molecule has 1 aromatic carbocycles. The van der Waals surface area contributed by atoms with Crippen LogP contribution in [-0.2, 0) is 0 Å². The van der Waals surface area contributed by atoms with Gasteiger partial charge < -0.3 is 20.5 Å². The molecule has 0 bridgehead atoms. The minimum atomic E-state index is 0.0573. The van der Waals surface area contributed by atoms with Crippen LogP contribution >= 0.6 is 0 Å². The maximum Gasteiger partial charge on any atom is 0.229 e. The number of hydrogen-bond donors (Lipinski definition) is 3. The monoisotopic (exact) mass is 370 g/mol. The Morgan fingerprint density at radius 3 is 2.64 bits per heavy atom. The number of benzene rings is 1. The molecule has 3 aromatic heterocycles. The largest absolute Gasteiger partial charge is 0.504 e. The van der Waals surface area contributed by atoms with E-state index in [1.807, 2.05) is 12.1 Å². The summed E-state index contributed by atoms with van der Waals surface area (Å²) in [5, 5.41) is 15.9. The van der Waals surface area contributed by atoms with Crippen LogP contribution in [-0.4, -0.2) is 40.0 Å². The molecule has 0 aliphatic carbocycles. The van der Waals surface area contributed by atoms with E-state index in [0.717, 1.165) is 5.52 Å². The fourth-order valence-corrected chi connectivity index (χ4v) is 2.60. The van der Waals surface area contributed by atoms with Gasteiger partial charge in [0, 0.05) is 24.1 Å². The van der Waals surface area contributed by atoms with E-state index in [4.69, 9.17) is 12.6 Å². The molecule has 0 amide bonds. The van der Waals surface area contributed by atoms with Gasteiger partial charge in [0.05, 0.1) is 18.1 Å². The highest BCUT2D eigenvalue weighted by Crippen LogP contribution is 2.29. The van der Waals surface area contributed by atoms with E-state index in [1.165, 1.54) is 13.2 Å². The third-order valence-electron chi connectivity index (χ3n) is 3.91. The molecule has 4 aromatic rings. The van der Waals surface area contributed by atoms with E-state index in [9.17, 15) is 5.11 Å². The molecule has 0 aliphatic rings. The van der Waals surface area contributed by atoms with Gasteiger partial charge in [-0.2, -0.15) is 4.98 Å². The second-order valence-corrected chi connectivity index (χ2v) is 5.91. The zero-order chi connectivity index (χ0) is 19.5. The van der Waals surface area contributed by atoms with Gasteiger partial charge in [-0.1, -0.05) is 5.46 Å². The Morgan fingerprint density at radius 1 is 0.929 bits per heavy atom. The van der Waals surface area contributed by atoms with Gasteiger partial charge in [-0.15, -0.1) is 0 Å². The fourth-order valence-electron chi connectivity index (χ4n) is 2.60. The van der Waals surface area contributed by atoms with Crippen molar-refractivity contribution >= 4 is 47.6 Å². The van der Waals surface area contributed by atoms with E-state index in [0.29, 0.717) is 40.0 Å². The Balaban J connectivity index is 1.55. The van der Waals surface area contributed by atoms with Gasteiger partial charge in [0.1, 0.15) is 19.5 Å². The topological polar surface area (TPSA) is 105 Å². The number of ether oxygens (including phenoxy) is 1. The minimum absolute atomic E-state index is 0.0573. The summed E-state index contributed by atoms with van der Waals surface area (Å²) < 4.78 is 5.10. The van der Waals surface area contributed by atoms with Crippen molar-refractivity contribution in [3.63, 3.8) is 0 Å². The summed E-state index contributed by atoms with van der Waals surface area (Å²) in [4.78, 5) is 17.4. The number of hydrogen-bond acceptors (Lipinski definition) is 8.